The van der Waals surface area contributed by atoms with E-state index in [0.717, 1.165) is 37.9 Å². The van der Waals surface area contributed by atoms with Crippen LogP contribution in [0.1, 0.15) is 43.4 Å². The van der Waals surface area contributed by atoms with Crippen molar-refractivity contribution >= 4 is 0 Å². The normalized spacial score (nSPS) is 19.9. The Balaban J connectivity index is 1.77. The van der Waals surface area contributed by atoms with Gasteiger partial charge in [-0.05, 0) is 19.8 Å². The summed E-state index contributed by atoms with van der Waals surface area (Å²) in [4.78, 5) is 0. The molecule has 1 saturated carbocycles. The largest absolute Gasteiger partial charge is 0.389 e. The van der Waals surface area contributed by atoms with E-state index >= 15 is 0 Å². The molecule has 90 valence electrons. The van der Waals surface area contributed by atoms with Crippen molar-refractivity contribution in [2.24, 2.45) is 0 Å². The molecular formula is C12H21N3O. The summed E-state index contributed by atoms with van der Waals surface area (Å²) in [5, 5.41) is 20.5. The fourth-order valence-corrected chi connectivity index (χ4v) is 2.37. The fourth-order valence-electron chi connectivity index (χ4n) is 2.37. The van der Waals surface area contributed by atoms with Crippen LogP contribution in [-0.2, 0) is 6.54 Å². The lowest BCUT2D eigenvalue weighted by Gasteiger charge is -2.32. The molecule has 0 amide bonds. The van der Waals surface area contributed by atoms with Crippen LogP contribution in [0.15, 0.2) is 6.20 Å². The molecule has 2 rings (SSSR count). The number of hydrogen-bond donors (Lipinski definition) is 3. The van der Waals surface area contributed by atoms with Crippen molar-refractivity contribution in [1.82, 2.24) is 15.5 Å². The lowest BCUT2D eigenvalue weighted by molar-refractivity contribution is 0.00466. The van der Waals surface area contributed by atoms with Crippen LogP contribution in [0.2, 0.25) is 0 Å². The predicted octanol–water partition coefficient (Wildman–Crippen LogP) is 1.50. The van der Waals surface area contributed by atoms with Crippen molar-refractivity contribution < 1.29 is 5.11 Å². The third-order valence-corrected chi connectivity index (χ3v) is 3.49. The lowest BCUT2D eigenvalue weighted by atomic mass is 9.85. The molecule has 0 aromatic carbocycles. The highest BCUT2D eigenvalue weighted by atomic mass is 16.3. The molecule has 1 aromatic rings. The van der Waals surface area contributed by atoms with E-state index in [9.17, 15) is 5.11 Å². The Morgan fingerprint density at radius 2 is 2.19 bits per heavy atom. The van der Waals surface area contributed by atoms with Gasteiger partial charge in [-0.1, -0.05) is 19.3 Å². The maximum absolute atomic E-state index is 10.3. The van der Waals surface area contributed by atoms with Crippen molar-refractivity contribution in [2.45, 2.75) is 51.2 Å². The van der Waals surface area contributed by atoms with Gasteiger partial charge in [0.1, 0.15) is 0 Å². The maximum Gasteiger partial charge on any atom is 0.0771 e. The van der Waals surface area contributed by atoms with Crippen LogP contribution in [-0.4, -0.2) is 27.4 Å². The van der Waals surface area contributed by atoms with Gasteiger partial charge >= 0.3 is 0 Å². The molecule has 0 bridgehead atoms. The van der Waals surface area contributed by atoms with Gasteiger partial charge in [-0.25, -0.2) is 0 Å². The Morgan fingerprint density at radius 3 is 2.81 bits per heavy atom. The Morgan fingerprint density at radius 1 is 1.44 bits per heavy atom. The number of aryl methyl sites for hydroxylation is 1. The molecule has 0 spiro atoms. The monoisotopic (exact) mass is 223 g/mol. The summed E-state index contributed by atoms with van der Waals surface area (Å²) in [5.74, 6) is 0. The van der Waals surface area contributed by atoms with Gasteiger partial charge in [0.25, 0.3) is 0 Å². The lowest BCUT2D eigenvalue weighted by Crippen LogP contribution is -2.41. The first kappa shape index (κ1) is 11.6. The van der Waals surface area contributed by atoms with Crippen LogP contribution < -0.4 is 5.32 Å². The number of nitrogens with one attached hydrogen (secondary N) is 2. The molecule has 4 nitrogen and oxygen atoms in total. The Hall–Kier alpha value is -0.870. The van der Waals surface area contributed by atoms with Crippen molar-refractivity contribution in [3.05, 3.63) is 17.5 Å². The molecular weight excluding hydrogens is 202 g/mol. The molecule has 1 fully saturated rings. The number of nitrogens with zero attached hydrogens (tertiary/aromatic N) is 1. The summed E-state index contributed by atoms with van der Waals surface area (Å²) < 4.78 is 0. The summed E-state index contributed by atoms with van der Waals surface area (Å²) in [6.45, 7) is 3.49. The zero-order valence-corrected chi connectivity index (χ0v) is 9.92. The number of aliphatic hydroxyl groups is 1. The second-order valence-corrected chi connectivity index (χ2v) is 4.91. The smallest absolute Gasteiger partial charge is 0.0771 e. The highest BCUT2D eigenvalue weighted by Gasteiger charge is 2.28. The number of hydrogen-bond acceptors (Lipinski definition) is 3. The second kappa shape index (κ2) is 4.97. The molecule has 0 radical (unpaired) electrons. The van der Waals surface area contributed by atoms with Gasteiger partial charge in [0.2, 0.25) is 0 Å². The van der Waals surface area contributed by atoms with Crippen molar-refractivity contribution in [3.8, 4) is 0 Å². The average molecular weight is 223 g/mol. The van der Waals surface area contributed by atoms with Crippen molar-refractivity contribution in [1.29, 1.82) is 0 Å². The summed E-state index contributed by atoms with van der Waals surface area (Å²) in [6.07, 6.45) is 7.29. The first-order chi connectivity index (χ1) is 7.70. The number of aromatic nitrogens is 2. The molecule has 1 aliphatic carbocycles. The Kier molecular flexibility index (Phi) is 3.61. The molecule has 0 atom stereocenters. The quantitative estimate of drug-likeness (QED) is 0.725. The summed E-state index contributed by atoms with van der Waals surface area (Å²) in [5.41, 5.74) is 1.80. The summed E-state index contributed by atoms with van der Waals surface area (Å²) in [7, 11) is 0. The third kappa shape index (κ3) is 2.83. The highest BCUT2D eigenvalue weighted by molar-refractivity contribution is 5.13. The van der Waals surface area contributed by atoms with E-state index in [0.29, 0.717) is 6.54 Å². The van der Waals surface area contributed by atoms with Gasteiger partial charge < -0.3 is 10.4 Å². The molecule has 1 aromatic heterocycles. The van der Waals surface area contributed by atoms with Crippen molar-refractivity contribution in [2.75, 3.05) is 6.54 Å². The minimum atomic E-state index is -0.476. The van der Waals surface area contributed by atoms with Crippen LogP contribution in [0.5, 0.6) is 0 Å². The fraction of sp³-hybridized carbons (Fsp3) is 0.750. The topological polar surface area (TPSA) is 60.9 Å². The molecule has 1 heterocycles. The van der Waals surface area contributed by atoms with E-state index in [4.69, 9.17) is 0 Å². The SMILES string of the molecule is Cc1[nH]ncc1CNCC1(O)CCCCC1. The van der Waals surface area contributed by atoms with E-state index in [1.54, 1.807) is 0 Å². The molecule has 1 aliphatic rings. The standard InChI is InChI=1S/C12H21N3O/c1-10-11(8-14-15-10)7-13-9-12(16)5-3-2-4-6-12/h8,13,16H,2-7,9H2,1H3,(H,14,15). The van der Waals surface area contributed by atoms with E-state index < -0.39 is 5.60 Å². The summed E-state index contributed by atoms with van der Waals surface area (Å²) >= 11 is 0. The van der Waals surface area contributed by atoms with Gasteiger partial charge in [-0.3, -0.25) is 5.10 Å². The van der Waals surface area contributed by atoms with Gasteiger partial charge in [-0.2, -0.15) is 5.10 Å². The highest BCUT2D eigenvalue weighted by Crippen LogP contribution is 2.27. The van der Waals surface area contributed by atoms with Crippen LogP contribution in [0.25, 0.3) is 0 Å². The van der Waals surface area contributed by atoms with E-state index in [-0.39, 0.29) is 0 Å². The van der Waals surface area contributed by atoms with Gasteiger partial charge in [0.15, 0.2) is 0 Å². The second-order valence-electron chi connectivity index (χ2n) is 4.91. The molecule has 16 heavy (non-hydrogen) atoms. The third-order valence-electron chi connectivity index (χ3n) is 3.49. The molecule has 0 aliphatic heterocycles. The van der Waals surface area contributed by atoms with Crippen LogP contribution in [0, 0.1) is 6.92 Å². The zero-order chi connectivity index (χ0) is 11.4. The molecule has 0 saturated heterocycles. The van der Waals surface area contributed by atoms with Crippen molar-refractivity contribution in [3.63, 3.8) is 0 Å². The minimum Gasteiger partial charge on any atom is -0.389 e. The molecule has 3 N–H and O–H groups in total. The zero-order valence-electron chi connectivity index (χ0n) is 9.92. The number of aromatic amines is 1. The first-order valence-corrected chi connectivity index (χ1v) is 6.12. The average Bonchev–Trinajstić information content (AvgIpc) is 2.65. The van der Waals surface area contributed by atoms with Gasteiger partial charge in [0.05, 0.1) is 11.8 Å². The molecule has 4 heteroatoms. The number of rotatable bonds is 4. The van der Waals surface area contributed by atoms with E-state index in [2.05, 4.69) is 15.5 Å². The predicted molar refractivity (Wildman–Crippen MR) is 63.1 cm³/mol. The Bertz CT molecular complexity index is 329. The van der Waals surface area contributed by atoms with Gasteiger partial charge in [0, 0.05) is 24.3 Å². The maximum atomic E-state index is 10.3. The Labute approximate surface area is 96.5 Å². The van der Waals surface area contributed by atoms with Crippen LogP contribution >= 0.6 is 0 Å². The number of H-pyrrole nitrogens is 1. The van der Waals surface area contributed by atoms with Crippen LogP contribution in [0.3, 0.4) is 0 Å². The minimum absolute atomic E-state index is 0.476. The summed E-state index contributed by atoms with van der Waals surface area (Å²) in [6, 6.07) is 0. The van der Waals surface area contributed by atoms with E-state index in [1.807, 2.05) is 13.1 Å². The van der Waals surface area contributed by atoms with E-state index in [1.165, 1.54) is 12.0 Å². The first-order valence-electron chi connectivity index (χ1n) is 6.12. The molecule has 0 unspecified atom stereocenters. The van der Waals surface area contributed by atoms with Gasteiger partial charge in [-0.15, -0.1) is 0 Å². The van der Waals surface area contributed by atoms with Crippen LogP contribution in [0.4, 0.5) is 0 Å².